The van der Waals surface area contributed by atoms with Gasteiger partial charge in [0, 0.05) is 19.0 Å². The van der Waals surface area contributed by atoms with Gasteiger partial charge >= 0.3 is 0 Å². The van der Waals surface area contributed by atoms with E-state index >= 15 is 0 Å². The monoisotopic (exact) mass is 418 g/mol. The van der Waals surface area contributed by atoms with Crippen molar-refractivity contribution in [1.82, 2.24) is 4.90 Å². The first kappa shape index (κ1) is 21.4. The molecule has 1 aromatic carbocycles. The Bertz CT molecular complexity index is 743. The van der Waals surface area contributed by atoms with Gasteiger partial charge in [0.15, 0.2) is 14.9 Å². The highest BCUT2D eigenvalue weighted by Gasteiger charge is 2.33. The third kappa shape index (κ3) is 5.81. The lowest BCUT2D eigenvalue weighted by atomic mass is 10.1. The van der Waals surface area contributed by atoms with Gasteiger partial charge in [0.25, 0.3) is 0 Å². The number of hydrogen-bond acceptors (Lipinski definition) is 3. The normalized spacial score (nSPS) is 18.9. The van der Waals surface area contributed by atoms with Gasteiger partial charge in [-0.15, -0.1) is 0 Å². The summed E-state index contributed by atoms with van der Waals surface area (Å²) in [6, 6.07) is 3.89. The summed E-state index contributed by atoms with van der Waals surface area (Å²) in [6.07, 6.45) is 1.57. The Morgan fingerprint density at radius 3 is 2.62 bits per heavy atom. The van der Waals surface area contributed by atoms with Crippen molar-refractivity contribution in [1.29, 1.82) is 0 Å². The molecule has 1 fully saturated rings. The second kappa shape index (κ2) is 8.87. The van der Waals surface area contributed by atoms with Crippen molar-refractivity contribution < 1.29 is 13.3 Å². The number of rotatable bonds is 6. The van der Waals surface area contributed by atoms with Crippen LogP contribution in [0, 0.1) is 13.8 Å². The van der Waals surface area contributed by atoms with Gasteiger partial charge in [0.2, 0.25) is 0 Å². The Balaban J connectivity index is 2.17. The van der Waals surface area contributed by atoms with E-state index in [1.54, 1.807) is 0 Å². The lowest BCUT2D eigenvalue weighted by Crippen LogP contribution is -3.05. The summed E-state index contributed by atoms with van der Waals surface area (Å²) in [5, 5.41) is 4.45. The van der Waals surface area contributed by atoms with Crippen molar-refractivity contribution in [3.05, 3.63) is 28.3 Å². The molecule has 0 spiro atoms. The topological polar surface area (TPSA) is 53.9 Å². The summed E-state index contributed by atoms with van der Waals surface area (Å²) >= 11 is 12.0. The second-order valence-electron chi connectivity index (χ2n) is 7.43. The summed E-state index contributed by atoms with van der Waals surface area (Å²) in [7, 11) is 1.24. The van der Waals surface area contributed by atoms with Gasteiger partial charge in [-0.25, -0.2) is 8.42 Å². The number of benzene rings is 1. The lowest BCUT2D eigenvalue weighted by Gasteiger charge is -2.31. The number of halogens is 1. The number of nitrogens with zero attached hydrogens (tertiary/aromatic N) is 1. The average Bonchev–Trinajstić information content (AvgIpc) is 2.86. The standard InChI is InChI=1S/C18H28ClN3O2S2/c1-13-10-14(2)17(16(19)11-13)20-18(25)22(8-5-7-21(3)4)15-6-9-26(23,24)12-15/h10-11,15H,5-9,12H2,1-4H3,(H,20,25)/p+1/t15-/m0/s1. The first-order valence-electron chi connectivity index (χ1n) is 8.93. The van der Waals surface area contributed by atoms with E-state index in [-0.39, 0.29) is 17.5 Å². The van der Waals surface area contributed by atoms with E-state index in [2.05, 4.69) is 25.5 Å². The summed E-state index contributed by atoms with van der Waals surface area (Å²) in [4.78, 5) is 3.40. The molecule has 0 unspecified atom stereocenters. The Morgan fingerprint density at radius 2 is 2.08 bits per heavy atom. The predicted molar refractivity (Wildman–Crippen MR) is 113 cm³/mol. The van der Waals surface area contributed by atoms with Crippen LogP contribution in [0.15, 0.2) is 12.1 Å². The van der Waals surface area contributed by atoms with Crippen LogP contribution >= 0.6 is 23.8 Å². The van der Waals surface area contributed by atoms with E-state index < -0.39 is 9.84 Å². The SMILES string of the molecule is Cc1cc(C)c(NC(=S)N(CCC[NH+](C)C)[C@H]2CCS(=O)(=O)C2)c(Cl)c1. The highest BCUT2D eigenvalue weighted by atomic mass is 35.5. The fourth-order valence-corrected chi connectivity index (χ4v) is 5.77. The minimum Gasteiger partial charge on any atom is -0.345 e. The number of thiocarbonyl (C=S) groups is 1. The maximum atomic E-state index is 11.9. The van der Waals surface area contributed by atoms with Crippen LogP contribution in [0.3, 0.4) is 0 Å². The zero-order chi connectivity index (χ0) is 19.5. The molecule has 2 N–H and O–H groups in total. The molecule has 0 radical (unpaired) electrons. The van der Waals surface area contributed by atoms with Gasteiger partial charge < -0.3 is 15.1 Å². The zero-order valence-corrected chi connectivity index (χ0v) is 18.3. The first-order chi connectivity index (χ1) is 12.1. The van der Waals surface area contributed by atoms with Gasteiger partial charge in [-0.3, -0.25) is 0 Å². The second-order valence-corrected chi connectivity index (χ2v) is 10.5. The molecule has 2 rings (SSSR count). The molecule has 0 aromatic heterocycles. The quantitative estimate of drug-likeness (QED) is 0.688. The summed E-state index contributed by atoms with van der Waals surface area (Å²) in [5.41, 5.74) is 2.91. The van der Waals surface area contributed by atoms with Crippen LogP contribution < -0.4 is 10.2 Å². The van der Waals surface area contributed by atoms with Crippen molar-refractivity contribution >= 4 is 44.5 Å². The summed E-state index contributed by atoms with van der Waals surface area (Å²) < 4.78 is 23.9. The Labute approximate surface area is 167 Å². The highest BCUT2D eigenvalue weighted by Crippen LogP contribution is 2.28. The Hall–Kier alpha value is -0.890. The van der Waals surface area contributed by atoms with Crippen LogP contribution in [0.4, 0.5) is 5.69 Å². The lowest BCUT2D eigenvalue weighted by molar-refractivity contribution is -0.858. The van der Waals surface area contributed by atoms with E-state index in [0.29, 0.717) is 16.6 Å². The van der Waals surface area contributed by atoms with Gasteiger partial charge in [0.05, 0.1) is 42.9 Å². The molecule has 146 valence electrons. The summed E-state index contributed by atoms with van der Waals surface area (Å²) in [5.74, 6) is 0.407. The van der Waals surface area contributed by atoms with Crippen LogP contribution in [-0.2, 0) is 9.84 Å². The molecule has 0 saturated carbocycles. The van der Waals surface area contributed by atoms with Gasteiger partial charge in [-0.05, 0) is 49.7 Å². The minimum absolute atomic E-state index is 0.0679. The Morgan fingerprint density at radius 1 is 1.38 bits per heavy atom. The minimum atomic E-state index is -2.97. The number of aryl methyl sites for hydroxylation is 2. The van der Waals surface area contributed by atoms with Crippen LogP contribution in [0.25, 0.3) is 0 Å². The predicted octanol–water partition coefficient (Wildman–Crippen LogP) is 1.68. The van der Waals surface area contributed by atoms with E-state index in [9.17, 15) is 8.42 Å². The fourth-order valence-electron chi connectivity index (χ4n) is 3.33. The van der Waals surface area contributed by atoms with Crippen molar-refractivity contribution in [2.75, 3.05) is 44.0 Å². The number of sulfone groups is 1. The van der Waals surface area contributed by atoms with Crippen molar-refractivity contribution in [3.63, 3.8) is 0 Å². The maximum Gasteiger partial charge on any atom is 0.173 e. The molecule has 1 saturated heterocycles. The first-order valence-corrected chi connectivity index (χ1v) is 11.5. The molecule has 1 heterocycles. The summed E-state index contributed by atoms with van der Waals surface area (Å²) in [6.45, 7) is 5.73. The number of anilines is 1. The molecule has 8 heteroatoms. The Kier molecular flexibility index (Phi) is 7.30. The highest BCUT2D eigenvalue weighted by molar-refractivity contribution is 7.91. The molecule has 5 nitrogen and oxygen atoms in total. The van der Waals surface area contributed by atoms with E-state index in [0.717, 1.165) is 36.3 Å². The van der Waals surface area contributed by atoms with E-state index in [1.807, 2.05) is 24.8 Å². The third-order valence-corrected chi connectivity index (χ3v) is 7.03. The van der Waals surface area contributed by atoms with E-state index in [1.165, 1.54) is 4.90 Å². The maximum absolute atomic E-state index is 11.9. The number of quaternary nitrogens is 1. The van der Waals surface area contributed by atoms with Crippen molar-refractivity contribution in [3.8, 4) is 0 Å². The number of hydrogen-bond donors (Lipinski definition) is 2. The van der Waals surface area contributed by atoms with Crippen LogP contribution in [-0.4, -0.2) is 63.2 Å². The van der Waals surface area contributed by atoms with Gasteiger partial charge in [-0.2, -0.15) is 0 Å². The van der Waals surface area contributed by atoms with Gasteiger partial charge in [0.1, 0.15) is 0 Å². The van der Waals surface area contributed by atoms with Crippen molar-refractivity contribution in [2.24, 2.45) is 0 Å². The molecule has 1 aliphatic rings. The molecule has 26 heavy (non-hydrogen) atoms. The molecule has 0 amide bonds. The van der Waals surface area contributed by atoms with Crippen LogP contribution in [0.1, 0.15) is 24.0 Å². The van der Waals surface area contributed by atoms with Crippen molar-refractivity contribution in [2.45, 2.75) is 32.7 Å². The average molecular weight is 419 g/mol. The molecule has 1 atom stereocenters. The smallest absolute Gasteiger partial charge is 0.173 e. The molecular weight excluding hydrogens is 390 g/mol. The number of nitrogens with one attached hydrogen (secondary N) is 2. The molecule has 0 bridgehead atoms. The third-order valence-electron chi connectivity index (χ3n) is 4.65. The molecule has 0 aliphatic carbocycles. The zero-order valence-electron chi connectivity index (χ0n) is 15.9. The van der Waals surface area contributed by atoms with E-state index in [4.69, 9.17) is 23.8 Å². The fraction of sp³-hybridized carbons (Fsp3) is 0.611. The van der Waals surface area contributed by atoms with Crippen LogP contribution in [0.2, 0.25) is 5.02 Å². The molecule has 1 aliphatic heterocycles. The molecular formula is C18H29ClN3O2S2+. The molecule has 1 aromatic rings. The largest absolute Gasteiger partial charge is 0.345 e. The van der Waals surface area contributed by atoms with Crippen LogP contribution in [0.5, 0.6) is 0 Å². The van der Waals surface area contributed by atoms with Gasteiger partial charge in [-0.1, -0.05) is 17.7 Å².